The minimum absolute atomic E-state index is 0.0120. The standard InChI is InChI=1S/C23H18F3N5O3/c1-12-19-20(17(10-27)21(28)34-22(19)31-30-12)13-5-7-16(8-6-13)33-11-18(32)29-15-4-2-3-14(9-15)23(24,25)26/h2-9,20H,11,28H2,1H3,(H,29,32)(H,30,31). The fourth-order valence-corrected chi connectivity index (χ4v) is 3.61. The molecule has 1 aliphatic rings. The molecule has 34 heavy (non-hydrogen) atoms. The average Bonchev–Trinajstić information content (AvgIpc) is 3.16. The highest BCUT2D eigenvalue weighted by Gasteiger charge is 2.34. The largest absolute Gasteiger partial charge is 0.484 e. The lowest BCUT2D eigenvalue weighted by Crippen LogP contribution is -2.21. The van der Waals surface area contributed by atoms with E-state index in [2.05, 4.69) is 21.6 Å². The Bertz CT molecular complexity index is 1310. The molecule has 2 aromatic carbocycles. The molecule has 0 spiro atoms. The monoisotopic (exact) mass is 469 g/mol. The number of allylic oxidation sites excluding steroid dienone is 1. The minimum Gasteiger partial charge on any atom is -0.484 e. The zero-order valence-electron chi connectivity index (χ0n) is 17.7. The molecule has 4 rings (SSSR count). The molecule has 8 nitrogen and oxygen atoms in total. The average molecular weight is 469 g/mol. The lowest BCUT2D eigenvalue weighted by atomic mass is 9.84. The summed E-state index contributed by atoms with van der Waals surface area (Å²) in [6.45, 7) is 1.40. The predicted molar refractivity (Wildman–Crippen MR) is 115 cm³/mol. The molecule has 1 unspecified atom stereocenters. The van der Waals surface area contributed by atoms with E-state index in [1.807, 2.05) is 0 Å². The van der Waals surface area contributed by atoms with E-state index in [0.717, 1.165) is 23.4 Å². The first-order valence-corrected chi connectivity index (χ1v) is 9.99. The molecule has 0 saturated heterocycles. The number of benzene rings is 2. The van der Waals surface area contributed by atoms with Crippen molar-refractivity contribution in [2.45, 2.75) is 19.0 Å². The molecule has 11 heteroatoms. The Kier molecular flexibility index (Phi) is 5.89. The number of nitrogens with two attached hydrogens (primary N) is 1. The van der Waals surface area contributed by atoms with Crippen molar-refractivity contribution in [2.75, 3.05) is 11.9 Å². The fourth-order valence-electron chi connectivity index (χ4n) is 3.61. The third-order valence-electron chi connectivity index (χ3n) is 5.19. The Morgan fingerprint density at radius 3 is 2.71 bits per heavy atom. The van der Waals surface area contributed by atoms with E-state index in [-0.39, 0.29) is 17.1 Å². The Hall–Kier alpha value is -4.46. The zero-order chi connectivity index (χ0) is 24.5. The highest BCUT2D eigenvalue weighted by Crippen LogP contribution is 2.42. The first-order chi connectivity index (χ1) is 16.2. The molecule has 2 heterocycles. The maximum Gasteiger partial charge on any atom is 0.416 e. The molecule has 3 aromatic rings. The van der Waals surface area contributed by atoms with Crippen LogP contribution in [0.3, 0.4) is 0 Å². The van der Waals surface area contributed by atoms with Crippen LogP contribution in [0.2, 0.25) is 0 Å². The first kappa shape index (κ1) is 22.7. The summed E-state index contributed by atoms with van der Waals surface area (Å²) in [6, 6.07) is 13.1. The first-order valence-electron chi connectivity index (χ1n) is 9.99. The van der Waals surface area contributed by atoms with Crippen molar-refractivity contribution in [1.82, 2.24) is 10.2 Å². The van der Waals surface area contributed by atoms with Crippen molar-refractivity contribution < 1.29 is 27.4 Å². The number of aromatic nitrogens is 2. The number of anilines is 1. The number of nitrogens with zero attached hydrogens (tertiary/aromatic N) is 2. The maximum absolute atomic E-state index is 12.8. The SMILES string of the molecule is Cc1[nH]nc2c1C(c1ccc(OCC(=O)Nc3cccc(C(F)(F)F)c3)cc1)C(C#N)=C(N)O2. The smallest absolute Gasteiger partial charge is 0.416 e. The van der Waals surface area contributed by atoms with Gasteiger partial charge in [0, 0.05) is 16.9 Å². The Labute approximate surface area is 191 Å². The number of alkyl halides is 3. The quantitative estimate of drug-likeness (QED) is 0.519. The van der Waals surface area contributed by atoms with E-state index in [4.69, 9.17) is 15.2 Å². The summed E-state index contributed by atoms with van der Waals surface area (Å²) in [7, 11) is 0. The van der Waals surface area contributed by atoms with Gasteiger partial charge in [-0.25, -0.2) is 0 Å². The summed E-state index contributed by atoms with van der Waals surface area (Å²) in [5.41, 5.74) is 7.44. The van der Waals surface area contributed by atoms with Crippen molar-refractivity contribution in [1.29, 1.82) is 5.26 Å². The number of hydrogen-bond acceptors (Lipinski definition) is 6. The second kappa shape index (κ2) is 8.82. The van der Waals surface area contributed by atoms with Crippen LogP contribution in [0, 0.1) is 18.3 Å². The van der Waals surface area contributed by atoms with Gasteiger partial charge in [0.05, 0.1) is 11.5 Å². The molecule has 0 saturated carbocycles. The number of H-pyrrole nitrogens is 1. The number of fused-ring (bicyclic) bond motifs is 1. The molecular weight excluding hydrogens is 451 g/mol. The van der Waals surface area contributed by atoms with Crippen LogP contribution in [-0.2, 0) is 11.0 Å². The van der Waals surface area contributed by atoms with Crippen LogP contribution in [0.25, 0.3) is 0 Å². The number of aryl methyl sites for hydroxylation is 1. The van der Waals surface area contributed by atoms with Crippen LogP contribution >= 0.6 is 0 Å². The summed E-state index contributed by atoms with van der Waals surface area (Å²) < 4.78 is 49.3. The Morgan fingerprint density at radius 2 is 2.03 bits per heavy atom. The predicted octanol–water partition coefficient (Wildman–Crippen LogP) is 3.97. The van der Waals surface area contributed by atoms with Crippen LogP contribution in [0.4, 0.5) is 18.9 Å². The van der Waals surface area contributed by atoms with Gasteiger partial charge >= 0.3 is 6.18 Å². The number of carbonyl (C=O) groups excluding carboxylic acids is 1. The molecule has 1 atom stereocenters. The van der Waals surface area contributed by atoms with E-state index in [1.165, 1.54) is 12.1 Å². The second-order valence-electron chi connectivity index (χ2n) is 7.48. The van der Waals surface area contributed by atoms with Gasteiger partial charge in [0.2, 0.25) is 11.8 Å². The molecule has 0 bridgehead atoms. The van der Waals surface area contributed by atoms with Crippen LogP contribution in [0.15, 0.2) is 60.0 Å². The molecule has 1 aliphatic heterocycles. The van der Waals surface area contributed by atoms with Gasteiger partial charge in [-0.15, -0.1) is 5.10 Å². The Morgan fingerprint density at radius 1 is 1.29 bits per heavy atom. The van der Waals surface area contributed by atoms with Gasteiger partial charge in [0.15, 0.2) is 6.61 Å². The lowest BCUT2D eigenvalue weighted by Gasteiger charge is -2.23. The van der Waals surface area contributed by atoms with Gasteiger partial charge in [-0.3, -0.25) is 9.89 Å². The molecule has 4 N–H and O–H groups in total. The fraction of sp³-hybridized carbons (Fsp3) is 0.174. The van der Waals surface area contributed by atoms with Gasteiger partial charge in [0.1, 0.15) is 17.4 Å². The number of rotatable bonds is 5. The number of halogens is 3. The van der Waals surface area contributed by atoms with Gasteiger partial charge in [-0.1, -0.05) is 18.2 Å². The van der Waals surface area contributed by atoms with Crippen LogP contribution in [0.5, 0.6) is 11.6 Å². The minimum atomic E-state index is -4.51. The Balaban J connectivity index is 1.44. The summed E-state index contributed by atoms with van der Waals surface area (Å²) in [5, 5.41) is 18.9. The summed E-state index contributed by atoms with van der Waals surface area (Å²) >= 11 is 0. The van der Waals surface area contributed by atoms with Crippen molar-refractivity contribution >= 4 is 11.6 Å². The van der Waals surface area contributed by atoms with Crippen molar-refractivity contribution in [2.24, 2.45) is 5.73 Å². The number of nitriles is 1. The molecule has 0 fully saturated rings. The van der Waals surface area contributed by atoms with Crippen molar-refractivity contribution in [3.8, 4) is 17.7 Å². The third-order valence-corrected chi connectivity index (χ3v) is 5.19. The van der Waals surface area contributed by atoms with E-state index in [0.29, 0.717) is 17.2 Å². The number of carbonyl (C=O) groups is 1. The van der Waals surface area contributed by atoms with Crippen molar-refractivity contribution in [3.63, 3.8) is 0 Å². The van der Waals surface area contributed by atoms with E-state index in [1.54, 1.807) is 31.2 Å². The molecule has 0 radical (unpaired) electrons. The molecule has 1 amide bonds. The topological polar surface area (TPSA) is 126 Å². The molecule has 1 aromatic heterocycles. The lowest BCUT2D eigenvalue weighted by molar-refractivity contribution is -0.137. The number of aromatic amines is 1. The van der Waals surface area contributed by atoms with Gasteiger partial charge in [-0.05, 0) is 42.8 Å². The summed E-state index contributed by atoms with van der Waals surface area (Å²) in [4.78, 5) is 12.1. The third kappa shape index (κ3) is 4.52. The second-order valence-corrected chi connectivity index (χ2v) is 7.48. The summed E-state index contributed by atoms with van der Waals surface area (Å²) in [6.07, 6.45) is -4.51. The number of amides is 1. The van der Waals surface area contributed by atoms with E-state index in [9.17, 15) is 23.2 Å². The summed E-state index contributed by atoms with van der Waals surface area (Å²) in [5.74, 6) is -0.488. The zero-order valence-corrected chi connectivity index (χ0v) is 17.7. The maximum atomic E-state index is 12.8. The van der Waals surface area contributed by atoms with Gasteiger partial charge in [-0.2, -0.15) is 18.4 Å². The highest BCUT2D eigenvalue weighted by atomic mass is 19.4. The number of nitrogens with one attached hydrogen (secondary N) is 2. The van der Waals surface area contributed by atoms with E-state index >= 15 is 0 Å². The number of ether oxygens (including phenoxy) is 2. The van der Waals surface area contributed by atoms with Crippen LogP contribution < -0.4 is 20.5 Å². The van der Waals surface area contributed by atoms with Crippen LogP contribution in [0.1, 0.15) is 28.3 Å². The normalized spacial score (nSPS) is 15.2. The number of hydrogen-bond donors (Lipinski definition) is 3. The van der Waals surface area contributed by atoms with Gasteiger partial charge < -0.3 is 20.5 Å². The van der Waals surface area contributed by atoms with Gasteiger partial charge in [0.25, 0.3) is 5.91 Å². The van der Waals surface area contributed by atoms with Crippen molar-refractivity contribution in [3.05, 3.63) is 82.4 Å². The molecule has 174 valence electrons. The van der Waals surface area contributed by atoms with E-state index < -0.39 is 30.2 Å². The van der Waals surface area contributed by atoms with Crippen LogP contribution in [-0.4, -0.2) is 22.7 Å². The highest BCUT2D eigenvalue weighted by molar-refractivity contribution is 5.91. The molecular formula is C23H18F3N5O3. The molecule has 0 aliphatic carbocycles.